The molecule has 15 heteroatoms. The summed E-state index contributed by atoms with van der Waals surface area (Å²) in [4.78, 5) is 29.7. The SMILES string of the molecule is CCc1cc(N2CCN(CC3CCN(c4cc(COc5ccc(C(C)(C)c6cc(Cl)c(OCCCl)c(C#N)c6)cc5)nc(N[N+](C)(O)S)n4)CC3)CC2)ccc1C(=O)C(C)CC. The lowest BCUT2D eigenvalue weighted by Gasteiger charge is -2.40. The van der Waals surface area contributed by atoms with E-state index in [1.807, 2.05) is 55.5 Å². The highest BCUT2D eigenvalue weighted by molar-refractivity contribution is 7.74. The van der Waals surface area contributed by atoms with E-state index in [1.54, 1.807) is 0 Å². The monoisotopic (exact) mass is 903 g/mol. The number of aryl methyl sites for hydroxylation is 1. The van der Waals surface area contributed by atoms with Gasteiger partial charge in [-0.1, -0.05) is 58.4 Å². The largest absolute Gasteiger partial charge is 0.489 e. The van der Waals surface area contributed by atoms with E-state index in [1.165, 1.54) is 12.7 Å². The van der Waals surface area contributed by atoms with Crippen molar-refractivity contribution in [2.24, 2.45) is 11.8 Å². The van der Waals surface area contributed by atoms with Gasteiger partial charge in [-0.25, -0.2) is 4.98 Å². The fourth-order valence-corrected chi connectivity index (χ4v) is 8.67. The topological polar surface area (TPSA) is 127 Å². The van der Waals surface area contributed by atoms with Crippen molar-refractivity contribution in [3.8, 4) is 17.6 Å². The van der Waals surface area contributed by atoms with Crippen LogP contribution in [-0.4, -0.2) is 95.4 Å². The summed E-state index contributed by atoms with van der Waals surface area (Å²) in [5.74, 6) is 3.19. The van der Waals surface area contributed by atoms with Crippen LogP contribution in [0.2, 0.25) is 5.02 Å². The number of carbonyl (C=O) groups is 1. The predicted octanol–water partition coefficient (Wildman–Crippen LogP) is 9.36. The number of hydroxylamine groups is 1. The molecular weight excluding hydrogens is 844 g/mol. The first-order valence-electron chi connectivity index (χ1n) is 21.7. The lowest BCUT2D eigenvalue weighted by Crippen LogP contribution is -2.49. The van der Waals surface area contributed by atoms with Crippen molar-refractivity contribution in [1.29, 1.82) is 5.26 Å². The van der Waals surface area contributed by atoms with Gasteiger partial charge < -0.3 is 19.3 Å². The summed E-state index contributed by atoms with van der Waals surface area (Å²) < 4.78 is 11.1. The van der Waals surface area contributed by atoms with E-state index >= 15 is 0 Å². The number of halogens is 2. The van der Waals surface area contributed by atoms with Crippen LogP contribution < -0.4 is 24.7 Å². The fraction of sp³-hybridized carbons (Fsp3) is 0.489. The summed E-state index contributed by atoms with van der Waals surface area (Å²) in [5.41, 5.74) is 8.51. The molecule has 3 heterocycles. The molecule has 0 aliphatic carbocycles. The maximum absolute atomic E-state index is 13.0. The number of anilines is 3. The molecular formula is C47H61Cl2N8O4S+. The second-order valence-corrected chi connectivity index (χ2v) is 18.6. The Balaban J connectivity index is 1.05. The van der Waals surface area contributed by atoms with Crippen LogP contribution >= 0.6 is 36.0 Å². The number of nitrogens with one attached hydrogen (secondary N) is 1. The van der Waals surface area contributed by atoms with Crippen LogP contribution in [0.5, 0.6) is 11.5 Å². The first-order valence-corrected chi connectivity index (χ1v) is 23.0. The normalized spacial score (nSPS) is 16.7. The average Bonchev–Trinajstić information content (AvgIpc) is 3.26. The molecule has 3 aromatic carbocycles. The molecule has 12 nitrogen and oxygen atoms in total. The number of aromatic nitrogens is 2. The van der Waals surface area contributed by atoms with Gasteiger partial charge in [0.15, 0.2) is 11.5 Å². The van der Waals surface area contributed by atoms with Crippen LogP contribution in [0.1, 0.15) is 92.2 Å². The molecule has 0 bridgehead atoms. The Labute approximate surface area is 382 Å². The number of quaternary nitrogens is 1. The molecule has 62 heavy (non-hydrogen) atoms. The summed E-state index contributed by atoms with van der Waals surface area (Å²) in [6.07, 6.45) is 3.80. The molecule has 1 aromatic heterocycles. The van der Waals surface area contributed by atoms with Crippen LogP contribution in [0.15, 0.2) is 60.7 Å². The Bertz CT molecular complexity index is 2200. The molecule has 0 spiro atoms. The summed E-state index contributed by atoms with van der Waals surface area (Å²) in [6.45, 7) is 17.6. The van der Waals surface area contributed by atoms with Crippen LogP contribution in [0, 0.1) is 23.2 Å². The second kappa shape index (κ2) is 20.9. The van der Waals surface area contributed by atoms with Crippen molar-refractivity contribution in [3.63, 3.8) is 0 Å². The zero-order chi connectivity index (χ0) is 44.6. The Hall–Kier alpha value is -4.29. The number of alkyl halides is 1. The highest BCUT2D eigenvalue weighted by Crippen LogP contribution is 2.39. The smallest absolute Gasteiger partial charge is 0.275 e. The lowest BCUT2D eigenvalue weighted by atomic mass is 9.77. The van der Waals surface area contributed by atoms with E-state index in [0.717, 1.165) is 99.6 Å². The maximum Gasteiger partial charge on any atom is 0.275 e. The Morgan fingerprint density at radius 2 is 1.71 bits per heavy atom. The maximum atomic E-state index is 13.0. The van der Waals surface area contributed by atoms with E-state index in [2.05, 4.69) is 83.8 Å². The zero-order valence-corrected chi connectivity index (χ0v) is 39.2. The number of nitrogens with zero attached hydrogens (tertiary/aromatic N) is 7. The van der Waals surface area contributed by atoms with Gasteiger partial charge in [-0.3, -0.25) is 9.69 Å². The first-order chi connectivity index (χ1) is 29.6. The number of Topliss-reactive ketones (excluding diaryl/α,β-unsaturated/α-hetero) is 1. The summed E-state index contributed by atoms with van der Waals surface area (Å²) >= 11 is 16.6. The van der Waals surface area contributed by atoms with E-state index in [9.17, 15) is 15.3 Å². The fourth-order valence-electron chi connectivity index (χ4n) is 8.23. The number of hydrogen-bond donors (Lipinski definition) is 3. The molecule has 0 amide bonds. The third-order valence-corrected chi connectivity index (χ3v) is 12.8. The van der Waals surface area contributed by atoms with E-state index in [-0.39, 0.29) is 36.7 Å². The minimum Gasteiger partial charge on any atom is -0.489 e. The van der Waals surface area contributed by atoms with Gasteiger partial charge in [-0.15, -0.1) is 11.6 Å². The minimum absolute atomic E-state index is 0.0439. The summed E-state index contributed by atoms with van der Waals surface area (Å²) in [7, 11) is 1.47. The van der Waals surface area contributed by atoms with E-state index in [4.69, 9.17) is 37.7 Å². The molecule has 332 valence electrons. The number of ether oxygens (including phenoxy) is 2. The van der Waals surface area contributed by atoms with Crippen molar-refractivity contribution < 1.29 is 23.6 Å². The highest BCUT2D eigenvalue weighted by atomic mass is 35.5. The Kier molecular flexibility index (Phi) is 15.9. The number of piperazine rings is 1. The third kappa shape index (κ3) is 11.8. The van der Waals surface area contributed by atoms with Crippen molar-refractivity contribution >= 4 is 59.3 Å². The van der Waals surface area contributed by atoms with Gasteiger partial charge in [0, 0.05) is 74.5 Å². The van der Waals surface area contributed by atoms with Crippen LogP contribution in [0.3, 0.4) is 0 Å². The number of nitriles is 1. The second-order valence-electron chi connectivity index (χ2n) is 17.1. The number of rotatable bonds is 18. The van der Waals surface area contributed by atoms with Gasteiger partial charge in [0.25, 0.3) is 5.95 Å². The standard InChI is InChI=1S/C47H61Cl2N8O4S/c1-7-32(3)44(58)41-14-11-39(26-34(41)8-2)55-22-20-54(21-23-55)30-33-15-18-56(19-16-33)43-28-38(51-46(52-43)53-57(6,59)62)31-61-40-12-9-36(10-13-40)47(4,5)37-25-35(29-50)45(42(49)27-37)60-24-17-48/h9-14,25-28,32-33,59,62H,7-8,15-24,30-31H2,1-6H3,(H,51,52,53)/q+1. The van der Waals surface area contributed by atoms with Crippen molar-refractivity contribution in [1.82, 2.24) is 14.9 Å². The molecule has 2 unspecified atom stereocenters. The first kappa shape index (κ1) is 47.2. The molecule has 2 atom stereocenters. The number of thiol groups is 1. The molecule has 0 radical (unpaired) electrons. The zero-order valence-electron chi connectivity index (χ0n) is 36.8. The van der Waals surface area contributed by atoms with Gasteiger partial charge in [-0.05, 0) is 94.9 Å². The van der Waals surface area contributed by atoms with Gasteiger partial charge in [0.2, 0.25) is 0 Å². The minimum atomic E-state index is -0.830. The molecule has 6 rings (SSSR count). The van der Waals surface area contributed by atoms with Gasteiger partial charge in [-0.2, -0.15) is 20.9 Å². The van der Waals surface area contributed by atoms with Crippen molar-refractivity contribution in [2.75, 3.05) is 80.6 Å². The highest BCUT2D eigenvalue weighted by Gasteiger charge is 2.28. The van der Waals surface area contributed by atoms with Gasteiger partial charge in [0.1, 0.15) is 50.7 Å². The third-order valence-electron chi connectivity index (χ3n) is 12.2. The number of carbonyl (C=O) groups excluding carboxylic acids is 1. The van der Waals surface area contributed by atoms with Gasteiger partial charge in [0.05, 0.1) is 22.2 Å². The Morgan fingerprint density at radius 3 is 2.34 bits per heavy atom. The van der Waals surface area contributed by atoms with Gasteiger partial charge >= 0.3 is 0 Å². The van der Waals surface area contributed by atoms with E-state index < -0.39 is 9.58 Å². The Morgan fingerprint density at radius 1 is 1.00 bits per heavy atom. The van der Waals surface area contributed by atoms with Crippen molar-refractivity contribution in [3.05, 3.63) is 99.2 Å². The number of piperidine rings is 1. The molecule has 2 N–H and O–H groups in total. The average molecular weight is 905 g/mol. The lowest BCUT2D eigenvalue weighted by molar-refractivity contribution is -0.955. The molecule has 2 fully saturated rings. The predicted molar refractivity (Wildman–Crippen MR) is 251 cm³/mol. The molecule has 0 saturated carbocycles. The number of hydrogen-bond acceptors (Lipinski definition) is 12. The van der Waals surface area contributed by atoms with Crippen LogP contribution in [-0.2, 0) is 18.4 Å². The number of benzene rings is 3. The molecule has 4 aromatic rings. The molecule has 2 saturated heterocycles. The summed E-state index contributed by atoms with van der Waals surface area (Å²) in [5, 5.41) is 20.6. The molecule has 2 aliphatic heterocycles. The van der Waals surface area contributed by atoms with Crippen molar-refractivity contribution in [2.45, 2.75) is 72.3 Å². The quantitative estimate of drug-likeness (QED) is 0.0291. The number of ketones is 1. The summed E-state index contributed by atoms with van der Waals surface area (Å²) in [6, 6.07) is 22.1. The van der Waals surface area contributed by atoms with Crippen LogP contribution in [0.25, 0.3) is 0 Å². The van der Waals surface area contributed by atoms with E-state index in [0.29, 0.717) is 33.7 Å². The molecule has 2 aliphatic rings. The van der Waals surface area contributed by atoms with Crippen LogP contribution in [0.4, 0.5) is 17.5 Å².